The molecule has 3 N–H and O–H groups in total. The van der Waals surface area contributed by atoms with Gasteiger partial charge in [-0.05, 0) is 34.1 Å². The maximum atomic E-state index is 13.0. The molecule has 180 valence electrons. The zero-order valence-corrected chi connectivity index (χ0v) is 19.5. The maximum Gasteiger partial charge on any atom is 0.407 e. The van der Waals surface area contributed by atoms with Crippen LogP contribution in [0.3, 0.4) is 0 Å². The molecule has 1 aliphatic heterocycles. The Morgan fingerprint density at radius 1 is 1.06 bits per heavy atom. The van der Waals surface area contributed by atoms with Crippen molar-refractivity contribution in [2.24, 2.45) is 5.41 Å². The number of hydrogen-bond acceptors (Lipinski definition) is 5. The fourth-order valence-corrected chi connectivity index (χ4v) is 4.68. The van der Waals surface area contributed by atoms with Gasteiger partial charge in [0.05, 0.1) is 6.04 Å². The van der Waals surface area contributed by atoms with E-state index < -0.39 is 41.6 Å². The van der Waals surface area contributed by atoms with Crippen LogP contribution in [0.1, 0.15) is 44.2 Å². The van der Waals surface area contributed by atoms with E-state index in [0.29, 0.717) is 6.42 Å². The Morgan fingerprint density at radius 2 is 1.65 bits per heavy atom. The Kier molecular flexibility index (Phi) is 6.61. The molecule has 8 nitrogen and oxygen atoms in total. The van der Waals surface area contributed by atoms with E-state index in [1.54, 1.807) is 0 Å². The SMILES string of the molecule is CC(C)(C)[C@@H](NC(=O)OCC1c2ccccc2-c2ccccc21)C(=O)N[C@H]1CCO[C@H]1C(=O)O. The van der Waals surface area contributed by atoms with Gasteiger partial charge in [-0.25, -0.2) is 9.59 Å². The van der Waals surface area contributed by atoms with Crippen molar-refractivity contribution in [3.8, 4) is 11.1 Å². The summed E-state index contributed by atoms with van der Waals surface area (Å²) in [5.74, 6) is -1.69. The van der Waals surface area contributed by atoms with Gasteiger partial charge in [-0.15, -0.1) is 0 Å². The van der Waals surface area contributed by atoms with E-state index in [2.05, 4.69) is 22.8 Å². The van der Waals surface area contributed by atoms with Crippen LogP contribution in [0.4, 0.5) is 4.79 Å². The number of benzene rings is 2. The molecule has 0 radical (unpaired) electrons. The number of carbonyl (C=O) groups is 3. The molecule has 8 heteroatoms. The van der Waals surface area contributed by atoms with Crippen molar-refractivity contribution >= 4 is 18.0 Å². The predicted octanol–water partition coefficient (Wildman–Crippen LogP) is 3.30. The molecule has 0 bridgehead atoms. The third-order valence-electron chi connectivity index (χ3n) is 6.40. The van der Waals surface area contributed by atoms with E-state index in [1.807, 2.05) is 57.2 Å². The van der Waals surface area contributed by atoms with Crippen LogP contribution in [-0.2, 0) is 19.1 Å². The highest BCUT2D eigenvalue weighted by Gasteiger charge is 2.40. The first kappa shape index (κ1) is 23.8. The molecule has 3 atom stereocenters. The molecule has 2 aliphatic rings. The molecule has 1 heterocycles. The van der Waals surface area contributed by atoms with Gasteiger partial charge in [-0.1, -0.05) is 69.3 Å². The summed E-state index contributed by atoms with van der Waals surface area (Å²) in [5.41, 5.74) is 3.83. The lowest BCUT2D eigenvalue weighted by Gasteiger charge is -2.31. The molecule has 0 saturated carbocycles. The summed E-state index contributed by atoms with van der Waals surface area (Å²) in [6, 6.07) is 14.5. The van der Waals surface area contributed by atoms with Gasteiger partial charge in [0.15, 0.2) is 6.10 Å². The van der Waals surface area contributed by atoms with E-state index in [4.69, 9.17) is 9.47 Å². The third-order valence-corrected chi connectivity index (χ3v) is 6.40. The van der Waals surface area contributed by atoms with E-state index in [0.717, 1.165) is 22.3 Å². The molecule has 2 amide bonds. The summed E-state index contributed by atoms with van der Waals surface area (Å²) in [6.07, 6.45) is -1.40. The van der Waals surface area contributed by atoms with Gasteiger partial charge in [0, 0.05) is 12.5 Å². The van der Waals surface area contributed by atoms with Gasteiger partial charge in [0.1, 0.15) is 12.6 Å². The first-order valence-electron chi connectivity index (χ1n) is 11.4. The van der Waals surface area contributed by atoms with Crippen molar-refractivity contribution in [1.82, 2.24) is 10.6 Å². The highest BCUT2D eigenvalue weighted by molar-refractivity contribution is 5.87. The Hall–Kier alpha value is -3.39. The number of hydrogen-bond donors (Lipinski definition) is 3. The number of carbonyl (C=O) groups excluding carboxylic acids is 2. The average Bonchev–Trinajstić information content (AvgIpc) is 3.38. The summed E-state index contributed by atoms with van der Waals surface area (Å²) < 4.78 is 10.8. The molecule has 0 aromatic heterocycles. The number of nitrogens with one attached hydrogen (secondary N) is 2. The van der Waals surface area contributed by atoms with Crippen LogP contribution in [0, 0.1) is 5.41 Å². The summed E-state index contributed by atoms with van der Waals surface area (Å²) in [5, 5.41) is 14.7. The number of fused-ring (bicyclic) bond motifs is 3. The fraction of sp³-hybridized carbons (Fsp3) is 0.423. The van der Waals surface area contributed by atoms with Gasteiger partial charge < -0.3 is 25.2 Å². The second kappa shape index (κ2) is 9.46. The summed E-state index contributed by atoms with van der Waals surface area (Å²) in [7, 11) is 0. The third kappa shape index (κ3) is 4.77. The van der Waals surface area contributed by atoms with Gasteiger partial charge in [-0.2, -0.15) is 0 Å². The monoisotopic (exact) mass is 466 g/mol. The lowest BCUT2D eigenvalue weighted by molar-refractivity contribution is -0.148. The van der Waals surface area contributed by atoms with E-state index in [9.17, 15) is 19.5 Å². The predicted molar refractivity (Wildman–Crippen MR) is 125 cm³/mol. The molecule has 1 aliphatic carbocycles. The lowest BCUT2D eigenvalue weighted by Crippen LogP contribution is -2.57. The van der Waals surface area contributed by atoms with Crippen molar-refractivity contribution < 1.29 is 29.0 Å². The molecule has 1 fully saturated rings. The maximum absolute atomic E-state index is 13.0. The number of rotatable bonds is 6. The molecule has 0 unspecified atom stereocenters. The number of alkyl carbamates (subject to hydrolysis) is 1. The topological polar surface area (TPSA) is 114 Å². The van der Waals surface area contributed by atoms with Crippen molar-refractivity contribution in [1.29, 1.82) is 0 Å². The quantitative estimate of drug-likeness (QED) is 0.602. The second-order valence-electron chi connectivity index (χ2n) is 9.80. The lowest BCUT2D eigenvalue weighted by atomic mass is 9.86. The zero-order valence-electron chi connectivity index (χ0n) is 19.5. The van der Waals surface area contributed by atoms with Crippen LogP contribution in [0.25, 0.3) is 11.1 Å². The standard InChI is InChI=1S/C26H30N2O6/c1-26(2,3)22(23(29)27-20-12-13-33-21(20)24(30)31)28-25(32)34-14-19-17-10-6-4-8-15(17)16-9-5-7-11-18(16)19/h4-11,19-22H,12-14H2,1-3H3,(H,27,29)(H,28,32)(H,30,31)/t20-,21+,22-/m0/s1. The van der Waals surface area contributed by atoms with Crippen LogP contribution < -0.4 is 10.6 Å². The Balaban J connectivity index is 1.42. The van der Waals surface area contributed by atoms with Crippen molar-refractivity contribution in [2.75, 3.05) is 13.2 Å². The minimum absolute atomic E-state index is 0.0907. The molecule has 34 heavy (non-hydrogen) atoms. The highest BCUT2D eigenvalue weighted by atomic mass is 16.5. The summed E-state index contributed by atoms with van der Waals surface area (Å²) in [4.78, 5) is 37.1. The molecule has 0 spiro atoms. The number of ether oxygens (including phenoxy) is 2. The van der Waals surface area contributed by atoms with E-state index >= 15 is 0 Å². The van der Waals surface area contributed by atoms with E-state index in [-0.39, 0.29) is 19.1 Å². The number of aliphatic carboxylic acids is 1. The number of amides is 2. The molecule has 4 rings (SSSR count). The Morgan fingerprint density at radius 3 is 2.21 bits per heavy atom. The summed E-state index contributed by atoms with van der Waals surface area (Å²) >= 11 is 0. The number of carboxylic acid groups (broad SMARTS) is 1. The van der Waals surface area contributed by atoms with Crippen molar-refractivity contribution in [3.05, 3.63) is 59.7 Å². The van der Waals surface area contributed by atoms with Crippen molar-refractivity contribution in [3.63, 3.8) is 0 Å². The van der Waals surface area contributed by atoms with Crippen molar-refractivity contribution in [2.45, 2.75) is 51.3 Å². The van der Waals surface area contributed by atoms with Gasteiger partial charge in [0.2, 0.25) is 5.91 Å². The van der Waals surface area contributed by atoms with Gasteiger partial charge >= 0.3 is 12.1 Å². The molecule has 1 saturated heterocycles. The summed E-state index contributed by atoms with van der Waals surface area (Å²) in [6.45, 7) is 5.85. The molecule has 2 aromatic carbocycles. The first-order valence-corrected chi connectivity index (χ1v) is 11.4. The van der Waals surface area contributed by atoms with Crippen LogP contribution >= 0.6 is 0 Å². The Bertz CT molecular complexity index is 1050. The largest absolute Gasteiger partial charge is 0.479 e. The minimum atomic E-state index is -1.13. The second-order valence-corrected chi connectivity index (χ2v) is 9.80. The van der Waals surface area contributed by atoms with Gasteiger partial charge in [0.25, 0.3) is 0 Å². The molecular formula is C26H30N2O6. The number of carboxylic acids is 1. The first-order chi connectivity index (χ1) is 16.2. The normalized spacial score (nSPS) is 20.2. The van der Waals surface area contributed by atoms with Crippen LogP contribution in [0.15, 0.2) is 48.5 Å². The smallest absolute Gasteiger partial charge is 0.407 e. The fourth-order valence-electron chi connectivity index (χ4n) is 4.68. The van der Waals surface area contributed by atoms with Crippen LogP contribution in [0.5, 0.6) is 0 Å². The Labute approximate surface area is 198 Å². The van der Waals surface area contributed by atoms with Gasteiger partial charge in [-0.3, -0.25) is 4.79 Å². The van der Waals surface area contributed by atoms with Crippen LogP contribution in [-0.4, -0.2) is 54.5 Å². The van der Waals surface area contributed by atoms with Crippen LogP contribution in [0.2, 0.25) is 0 Å². The average molecular weight is 467 g/mol. The minimum Gasteiger partial charge on any atom is -0.479 e. The van der Waals surface area contributed by atoms with E-state index in [1.165, 1.54) is 0 Å². The zero-order chi connectivity index (χ0) is 24.5. The highest BCUT2D eigenvalue weighted by Crippen LogP contribution is 2.44. The molecule has 2 aromatic rings. The molecular weight excluding hydrogens is 436 g/mol.